The third-order valence-corrected chi connectivity index (χ3v) is 2.70. The average Bonchev–Trinajstić information content (AvgIpc) is 2.36. The van der Waals surface area contributed by atoms with Crippen LogP contribution in [0.15, 0.2) is 24.3 Å². The van der Waals surface area contributed by atoms with E-state index >= 15 is 0 Å². The Kier molecular flexibility index (Phi) is 5.04. The summed E-state index contributed by atoms with van der Waals surface area (Å²) in [5.74, 6) is 1.97. The first-order valence-electron chi connectivity index (χ1n) is 5.73. The fourth-order valence-corrected chi connectivity index (χ4v) is 1.83. The molecule has 0 amide bonds. The van der Waals surface area contributed by atoms with Crippen LogP contribution >= 0.6 is 0 Å². The molecular formula is C14H21NO3. The standard InChI is InChI=1S/C14H21NO3/c1-9(2)6-11(15)10-7-13(17-4)14(18-5)8-12(10)16-3/h7-8,11H,1,6,15H2,2-5H3/t11-/m1/s1. The lowest BCUT2D eigenvalue weighted by Gasteiger charge is -2.18. The molecule has 0 heterocycles. The topological polar surface area (TPSA) is 53.7 Å². The Morgan fingerprint density at radius 2 is 1.61 bits per heavy atom. The van der Waals surface area contributed by atoms with E-state index in [1.54, 1.807) is 27.4 Å². The molecule has 0 spiro atoms. The van der Waals surface area contributed by atoms with Gasteiger partial charge in [0, 0.05) is 17.7 Å². The van der Waals surface area contributed by atoms with Crippen LogP contribution in [0.25, 0.3) is 0 Å². The Balaban J connectivity index is 3.20. The zero-order valence-electron chi connectivity index (χ0n) is 11.4. The first-order chi connectivity index (χ1) is 8.53. The maximum absolute atomic E-state index is 6.15. The van der Waals surface area contributed by atoms with Crippen LogP contribution in [0, 0.1) is 0 Å². The molecular weight excluding hydrogens is 230 g/mol. The van der Waals surface area contributed by atoms with Gasteiger partial charge >= 0.3 is 0 Å². The molecule has 0 saturated carbocycles. The monoisotopic (exact) mass is 251 g/mol. The van der Waals surface area contributed by atoms with E-state index < -0.39 is 0 Å². The summed E-state index contributed by atoms with van der Waals surface area (Å²) in [7, 11) is 4.79. The molecule has 4 nitrogen and oxygen atoms in total. The molecule has 0 saturated heterocycles. The van der Waals surface area contributed by atoms with E-state index in [1.165, 1.54) is 0 Å². The van der Waals surface area contributed by atoms with Gasteiger partial charge in [0.2, 0.25) is 0 Å². The van der Waals surface area contributed by atoms with Gasteiger partial charge in [-0.1, -0.05) is 5.57 Å². The van der Waals surface area contributed by atoms with Crippen molar-refractivity contribution in [2.75, 3.05) is 21.3 Å². The van der Waals surface area contributed by atoms with E-state index in [1.807, 2.05) is 13.0 Å². The Morgan fingerprint density at radius 3 is 2.06 bits per heavy atom. The van der Waals surface area contributed by atoms with Crippen molar-refractivity contribution in [3.8, 4) is 17.2 Å². The van der Waals surface area contributed by atoms with Crippen molar-refractivity contribution in [3.05, 3.63) is 29.8 Å². The number of benzene rings is 1. The summed E-state index contributed by atoms with van der Waals surface area (Å²) in [6, 6.07) is 3.47. The Labute approximate surface area is 108 Å². The number of methoxy groups -OCH3 is 3. The third-order valence-electron chi connectivity index (χ3n) is 2.70. The highest BCUT2D eigenvalue weighted by atomic mass is 16.5. The van der Waals surface area contributed by atoms with Crippen molar-refractivity contribution in [1.29, 1.82) is 0 Å². The van der Waals surface area contributed by atoms with Gasteiger partial charge in [-0.3, -0.25) is 0 Å². The van der Waals surface area contributed by atoms with E-state index in [9.17, 15) is 0 Å². The number of hydrogen-bond acceptors (Lipinski definition) is 4. The zero-order chi connectivity index (χ0) is 13.7. The van der Waals surface area contributed by atoms with Gasteiger partial charge in [0.25, 0.3) is 0 Å². The molecule has 1 aromatic rings. The van der Waals surface area contributed by atoms with Gasteiger partial charge in [0.15, 0.2) is 11.5 Å². The van der Waals surface area contributed by atoms with Gasteiger partial charge in [0.1, 0.15) is 5.75 Å². The second-order valence-corrected chi connectivity index (χ2v) is 4.22. The summed E-state index contributed by atoms with van der Waals surface area (Å²) < 4.78 is 15.8. The zero-order valence-corrected chi connectivity index (χ0v) is 11.4. The van der Waals surface area contributed by atoms with Gasteiger partial charge in [-0.2, -0.15) is 0 Å². The van der Waals surface area contributed by atoms with Crippen molar-refractivity contribution in [3.63, 3.8) is 0 Å². The molecule has 4 heteroatoms. The summed E-state index contributed by atoms with van der Waals surface area (Å²) in [5.41, 5.74) is 8.06. The van der Waals surface area contributed by atoms with Crippen molar-refractivity contribution < 1.29 is 14.2 Å². The van der Waals surface area contributed by atoms with Crippen LogP contribution in [0.2, 0.25) is 0 Å². The van der Waals surface area contributed by atoms with Gasteiger partial charge in [-0.25, -0.2) is 0 Å². The molecule has 0 fully saturated rings. The lowest BCUT2D eigenvalue weighted by atomic mass is 9.99. The van der Waals surface area contributed by atoms with Gasteiger partial charge < -0.3 is 19.9 Å². The summed E-state index contributed by atoms with van der Waals surface area (Å²) in [5, 5.41) is 0. The molecule has 0 aromatic heterocycles. The number of nitrogens with two attached hydrogens (primary N) is 1. The highest BCUT2D eigenvalue weighted by Gasteiger charge is 2.17. The maximum atomic E-state index is 6.15. The fraction of sp³-hybridized carbons (Fsp3) is 0.429. The minimum absolute atomic E-state index is 0.169. The SMILES string of the molecule is C=C(C)C[C@@H](N)c1cc(OC)c(OC)cc1OC. The van der Waals surface area contributed by atoms with E-state index in [0.29, 0.717) is 23.7 Å². The molecule has 1 aromatic carbocycles. The van der Waals surface area contributed by atoms with E-state index in [0.717, 1.165) is 11.1 Å². The first-order valence-corrected chi connectivity index (χ1v) is 5.73. The fourth-order valence-electron chi connectivity index (χ4n) is 1.83. The van der Waals surface area contributed by atoms with Crippen molar-refractivity contribution in [2.45, 2.75) is 19.4 Å². The third kappa shape index (κ3) is 3.17. The van der Waals surface area contributed by atoms with Crippen molar-refractivity contribution in [2.24, 2.45) is 5.73 Å². The van der Waals surface area contributed by atoms with Crippen molar-refractivity contribution >= 4 is 0 Å². The largest absolute Gasteiger partial charge is 0.496 e. The second kappa shape index (κ2) is 6.31. The molecule has 0 aliphatic rings. The molecule has 0 bridgehead atoms. The minimum atomic E-state index is -0.169. The van der Waals surface area contributed by atoms with Crippen LogP contribution in [-0.2, 0) is 0 Å². The predicted molar refractivity (Wildman–Crippen MR) is 72.5 cm³/mol. The van der Waals surface area contributed by atoms with Crippen LogP contribution in [-0.4, -0.2) is 21.3 Å². The molecule has 0 aliphatic heterocycles. The van der Waals surface area contributed by atoms with Crippen molar-refractivity contribution in [1.82, 2.24) is 0 Å². The number of hydrogen-bond donors (Lipinski definition) is 1. The normalized spacial score (nSPS) is 11.8. The van der Waals surface area contributed by atoms with E-state index in [4.69, 9.17) is 19.9 Å². The summed E-state index contributed by atoms with van der Waals surface area (Å²) in [6.07, 6.45) is 0.700. The molecule has 0 aliphatic carbocycles. The highest BCUT2D eigenvalue weighted by Crippen LogP contribution is 2.38. The lowest BCUT2D eigenvalue weighted by molar-refractivity contribution is 0.346. The Bertz CT molecular complexity index is 429. The van der Waals surface area contributed by atoms with E-state index in [2.05, 4.69) is 6.58 Å². The predicted octanol–water partition coefficient (Wildman–Crippen LogP) is 2.68. The smallest absolute Gasteiger partial charge is 0.164 e. The quantitative estimate of drug-likeness (QED) is 0.790. The van der Waals surface area contributed by atoms with Crippen LogP contribution in [0.1, 0.15) is 24.9 Å². The molecule has 18 heavy (non-hydrogen) atoms. The molecule has 100 valence electrons. The Hall–Kier alpha value is -1.68. The molecule has 1 atom stereocenters. The molecule has 0 radical (unpaired) electrons. The first kappa shape index (κ1) is 14.4. The van der Waals surface area contributed by atoms with Gasteiger partial charge in [0.05, 0.1) is 21.3 Å². The van der Waals surface area contributed by atoms with Crippen LogP contribution < -0.4 is 19.9 Å². The van der Waals surface area contributed by atoms with Crippen LogP contribution in [0.3, 0.4) is 0 Å². The molecule has 0 unspecified atom stereocenters. The summed E-state index contributed by atoms with van der Waals surface area (Å²) in [4.78, 5) is 0. The Morgan fingerprint density at radius 1 is 1.11 bits per heavy atom. The van der Waals surface area contributed by atoms with Crippen LogP contribution in [0.5, 0.6) is 17.2 Å². The number of rotatable bonds is 6. The summed E-state index contributed by atoms with van der Waals surface area (Å²) in [6.45, 7) is 5.83. The van der Waals surface area contributed by atoms with Gasteiger partial charge in [-0.15, -0.1) is 6.58 Å². The molecule has 2 N–H and O–H groups in total. The second-order valence-electron chi connectivity index (χ2n) is 4.22. The van der Waals surface area contributed by atoms with E-state index in [-0.39, 0.29) is 6.04 Å². The lowest BCUT2D eigenvalue weighted by Crippen LogP contribution is -2.12. The maximum Gasteiger partial charge on any atom is 0.164 e. The highest BCUT2D eigenvalue weighted by molar-refractivity contribution is 5.51. The van der Waals surface area contributed by atoms with Crippen LogP contribution in [0.4, 0.5) is 0 Å². The number of ether oxygens (including phenoxy) is 3. The molecule has 1 rings (SSSR count). The van der Waals surface area contributed by atoms with Gasteiger partial charge in [-0.05, 0) is 19.4 Å². The summed E-state index contributed by atoms with van der Waals surface area (Å²) >= 11 is 0. The minimum Gasteiger partial charge on any atom is -0.496 e. The average molecular weight is 251 g/mol.